The second-order valence-electron chi connectivity index (χ2n) is 7.06. The Bertz CT molecular complexity index is 961. The lowest BCUT2D eigenvalue weighted by Crippen LogP contribution is -2.38. The zero-order valence-electron chi connectivity index (χ0n) is 16.3. The predicted octanol–water partition coefficient (Wildman–Crippen LogP) is 2.91. The van der Waals surface area contributed by atoms with Crippen molar-refractivity contribution in [3.63, 3.8) is 0 Å². The zero-order valence-corrected chi connectivity index (χ0v) is 17.1. The third kappa shape index (κ3) is 5.91. The number of rotatable bonds is 8. The van der Waals surface area contributed by atoms with Gasteiger partial charge in [-0.15, -0.1) is 0 Å². The van der Waals surface area contributed by atoms with Crippen molar-refractivity contribution < 1.29 is 13.2 Å². The lowest BCUT2D eigenvalue weighted by atomic mass is 10.00. The summed E-state index contributed by atoms with van der Waals surface area (Å²) in [6.07, 6.45) is 0.993. The molecule has 2 aromatic rings. The number of nitrogens with zero attached hydrogens (tertiary/aromatic N) is 1. The third-order valence-corrected chi connectivity index (χ3v) is 5.68. The number of hydrogen-bond donors (Lipinski definition) is 2. The average Bonchev–Trinajstić information content (AvgIpc) is 2.66. The van der Waals surface area contributed by atoms with Gasteiger partial charge in [0, 0.05) is 0 Å². The van der Waals surface area contributed by atoms with E-state index in [1.165, 1.54) is 23.8 Å². The van der Waals surface area contributed by atoms with E-state index in [-0.39, 0.29) is 16.5 Å². The van der Waals surface area contributed by atoms with Crippen LogP contribution in [0.5, 0.6) is 0 Å². The molecule has 1 amide bonds. The second-order valence-corrected chi connectivity index (χ2v) is 8.80. The third-order valence-electron chi connectivity index (χ3n) is 4.22. The topological polar surface area (TPSA) is 99.1 Å². The van der Waals surface area contributed by atoms with E-state index < -0.39 is 22.5 Å². The van der Waals surface area contributed by atoms with E-state index in [4.69, 9.17) is 5.26 Å². The number of nitrogens with one attached hydrogen (secondary N) is 2. The SMILES string of the molecule is CC(C)Cc1ccc([C@@H](C)NC(=O)CNS(=O)(=O)c2ccccc2C#N)cc1. The lowest BCUT2D eigenvalue weighted by Gasteiger charge is -2.16. The summed E-state index contributed by atoms with van der Waals surface area (Å²) >= 11 is 0. The minimum Gasteiger partial charge on any atom is -0.348 e. The summed E-state index contributed by atoms with van der Waals surface area (Å²) in [5, 5.41) is 11.8. The van der Waals surface area contributed by atoms with Gasteiger partial charge < -0.3 is 5.32 Å². The van der Waals surface area contributed by atoms with Crippen LogP contribution < -0.4 is 10.0 Å². The van der Waals surface area contributed by atoms with E-state index in [9.17, 15) is 13.2 Å². The van der Waals surface area contributed by atoms with Crippen LogP contribution in [-0.2, 0) is 21.2 Å². The number of carbonyl (C=O) groups excluding carboxylic acids is 1. The van der Waals surface area contributed by atoms with Crippen molar-refractivity contribution in [2.24, 2.45) is 5.92 Å². The van der Waals surface area contributed by atoms with Crippen LogP contribution in [0.3, 0.4) is 0 Å². The maximum atomic E-state index is 12.4. The molecule has 7 heteroatoms. The molecular formula is C21H25N3O3S. The van der Waals surface area contributed by atoms with Crippen LogP contribution in [0.4, 0.5) is 0 Å². The van der Waals surface area contributed by atoms with Gasteiger partial charge in [-0.05, 0) is 42.5 Å². The fraction of sp³-hybridized carbons (Fsp3) is 0.333. The Morgan fingerprint density at radius 1 is 1.07 bits per heavy atom. The van der Waals surface area contributed by atoms with Gasteiger partial charge in [0.25, 0.3) is 0 Å². The Morgan fingerprint density at radius 3 is 2.32 bits per heavy atom. The van der Waals surface area contributed by atoms with Gasteiger partial charge in [-0.1, -0.05) is 50.2 Å². The standard InChI is InChI=1S/C21H25N3O3S/c1-15(2)12-17-8-10-18(11-9-17)16(3)24-21(25)14-23-28(26,27)20-7-5-4-6-19(20)13-22/h4-11,15-16,23H,12,14H2,1-3H3,(H,24,25)/t16-/m1/s1. The first-order chi connectivity index (χ1) is 13.2. The van der Waals surface area contributed by atoms with E-state index in [1.807, 2.05) is 37.3 Å². The molecule has 2 aromatic carbocycles. The highest BCUT2D eigenvalue weighted by molar-refractivity contribution is 7.89. The number of sulfonamides is 1. The number of nitriles is 1. The molecule has 0 heterocycles. The molecule has 2 N–H and O–H groups in total. The van der Waals surface area contributed by atoms with E-state index in [0.717, 1.165) is 12.0 Å². The molecule has 0 spiro atoms. The fourth-order valence-corrected chi connectivity index (χ4v) is 3.96. The van der Waals surface area contributed by atoms with Gasteiger partial charge in [0.15, 0.2) is 0 Å². The van der Waals surface area contributed by atoms with Crippen LogP contribution in [0.15, 0.2) is 53.4 Å². The summed E-state index contributed by atoms with van der Waals surface area (Å²) in [7, 11) is -3.95. The highest BCUT2D eigenvalue weighted by atomic mass is 32.2. The molecule has 0 aromatic heterocycles. The molecular weight excluding hydrogens is 374 g/mol. The summed E-state index contributed by atoms with van der Waals surface area (Å²) in [5.74, 6) is 0.124. The molecule has 148 valence electrons. The van der Waals surface area contributed by atoms with Crippen molar-refractivity contribution in [1.82, 2.24) is 10.0 Å². The number of carbonyl (C=O) groups is 1. The fourth-order valence-electron chi connectivity index (χ4n) is 2.82. The van der Waals surface area contributed by atoms with Crippen molar-refractivity contribution >= 4 is 15.9 Å². The van der Waals surface area contributed by atoms with Crippen molar-refractivity contribution in [2.75, 3.05) is 6.54 Å². The largest absolute Gasteiger partial charge is 0.348 e. The molecule has 0 bridgehead atoms. The van der Waals surface area contributed by atoms with Gasteiger partial charge in [0.2, 0.25) is 15.9 Å². The highest BCUT2D eigenvalue weighted by Crippen LogP contribution is 2.16. The quantitative estimate of drug-likeness (QED) is 0.713. The summed E-state index contributed by atoms with van der Waals surface area (Å²) in [4.78, 5) is 12.0. The second kappa shape index (κ2) is 9.49. The summed E-state index contributed by atoms with van der Waals surface area (Å²) in [6.45, 7) is 5.76. The average molecular weight is 400 g/mol. The minimum absolute atomic E-state index is 0.0327. The maximum absolute atomic E-state index is 12.4. The summed E-state index contributed by atoms with van der Waals surface area (Å²) in [6, 6.07) is 15.5. The van der Waals surface area contributed by atoms with Gasteiger partial charge in [0.05, 0.1) is 23.0 Å². The Morgan fingerprint density at radius 2 is 1.71 bits per heavy atom. The first-order valence-electron chi connectivity index (χ1n) is 9.10. The van der Waals surface area contributed by atoms with Crippen LogP contribution in [-0.4, -0.2) is 20.9 Å². The van der Waals surface area contributed by atoms with Crippen molar-refractivity contribution in [3.05, 3.63) is 65.2 Å². The molecule has 1 atom stereocenters. The molecule has 2 rings (SSSR count). The van der Waals surface area contributed by atoms with Crippen molar-refractivity contribution in [2.45, 2.75) is 38.1 Å². The molecule has 0 saturated carbocycles. The molecule has 0 aliphatic rings. The predicted molar refractivity (Wildman–Crippen MR) is 108 cm³/mol. The lowest BCUT2D eigenvalue weighted by molar-refractivity contribution is -0.120. The van der Waals surface area contributed by atoms with Crippen LogP contribution >= 0.6 is 0 Å². The minimum atomic E-state index is -3.95. The normalized spacial score (nSPS) is 12.4. The van der Waals surface area contributed by atoms with Gasteiger partial charge in [-0.2, -0.15) is 5.26 Å². The van der Waals surface area contributed by atoms with Crippen LogP contribution in [0.1, 0.15) is 43.5 Å². The molecule has 0 fully saturated rings. The Balaban J connectivity index is 1.95. The van der Waals surface area contributed by atoms with E-state index in [2.05, 4.69) is 23.9 Å². The van der Waals surface area contributed by atoms with Gasteiger partial charge >= 0.3 is 0 Å². The van der Waals surface area contributed by atoms with Crippen LogP contribution in [0.25, 0.3) is 0 Å². The number of benzene rings is 2. The zero-order chi connectivity index (χ0) is 20.7. The molecule has 0 aliphatic heterocycles. The summed E-state index contributed by atoms with van der Waals surface area (Å²) in [5.41, 5.74) is 2.21. The van der Waals surface area contributed by atoms with E-state index in [0.29, 0.717) is 5.92 Å². The molecule has 0 aliphatic carbocycles. The molecule has 0 saturated heterocycles. The first-order valence-corrected chi connectivity index (χ1v) is 10.6. The van der Waals surface area contributed by atoms with Crippen LogP contribution in [0, 0.1) is 17.2 Å². The van der Waals surface area contributed by atoms with Gasteiger partial charge in [0.1, 0.15) is 6.07 Å². The molecule has 6 nitrogen and oxygen atoms in total. The maximum Gasteiger partial charge on any atom is 0.242 e. The van der Waals surface area contributed by atoms with E-state index >= 15 is 0 Å². The molecule has 0 radical (unpaired) electrons. The Hall–Kier alpha value is -2.69. The van der Waals surface area contributed by atoms with Gasteiger partial charge in [-0.25, -0.2) is 13.1 Å². The first kappa shape index (κ1) is 21.6. The van der Waals surface area contributed by atoms with Crippen molar-refractivity contribution in [1.29, 1.82) is 5.26 Å². The van der Waals surface area contributed by atoms with Crippen LogP contribution in [0.2, 0.25) is 0 Å². The Labute approximate surface area is 166 Å². The van der Waals surface area contributed by atoms with Gasteiger partial charge in [-0.3, -0.25) is 4.79 Å². The number of hydrogen-bond acceptors (Lipinski definition) is 4. The monoisotopic (exact) mass is 399 g/mol. The Kier molecular flexibility index (Phi) is 7.32. The smallest absolute Gasteiger partial charge is 0.242 e. The van der Waals surface area contributed by atoms with E-state index in [1.54, 1.807) is 6.07 Å². The highest BCUT2D eigenvalue weighted by Gasteiger charge is 2.19. The summed E-state index contributed by atoms with van der Waals surface area (Å²) < 4.78 is 27.0. The number of amides is 1. The van der Waals surface area contributed by atoms with Crippen molar-refractivity contribution in [3.8, 4) is 6.07 Å². The molecule has 0 unspecified atom stereocenters. The molecule has 28 heavy (non-hydrogen) atoms.